The van der Waals surface area contributed by atoms with Gasteiger partial charge in [0.2, 0.25) is 0 Å². The zero-order valence-corrected chi connectivity index (χ0v) is 9.04. The molecule has 4 rings (SSSR count). The molecule has 3 fully saturated rings. The Morgan fingerprint density at radius 1 is 1.31 bits per heavy atom. The van der Waals surface area contributed by atoms with Crippen LogP contribution in [0.2, 0.25) is 0 Å². The van der Waals surface area contributed by atoms with Crippen molar-refractivity contribution in [2.75, 3.05) is 32.7 Å². The van der Waals surface area contributed by atoms with E-state index in [0.717, 1.165) is 44.8 Å². The smallest absolute Gasteiger partial charge is 0.168 e. The molecule has 5 heteroatoms. The van der Waals surface area contributed by atoms with Crippen molar-refractivity contribution in [1.82, 2.24) is 19.8 Å². The Kier molecular flexibility index (Phi) is 2.41. The molecule has 4 heterocycles. The van der Waals surface area contributed by atoms with Gasteiger partial charge in [0.25, 0.3) is 0 Å². The number of carbonyl (C=O) groups excluding carboxylic acids is 1. The van der Waals surface area contributed by atoms with E-state index >= 15 is 0 Å². The Hall–Kier alpha value is -1.33. The minimum absolute atomic E-state index is 0.266. The molecule has 5 nitrogen and oxygen atoms in total. The average molecular weight is 218 g/mol. The molecule has 0 amide bonds. The lowest BCUT2D eigenvalue weighted by molar-refractivity contribution is 0.00859. The van der Waals surface area contributed by atoms with Gasteiger partial charge in [-0.15, -0.1) is 0 Å². The molecule has 16 heavy (non-hydrogen) atoms. The fraction of sp³-hybridized carbons (Fsp3) is 0.545. The summed E-state index contributed by atoms with van der Waals surface area (Å²) in [5.41, 5.74) is 0.475. The quantitative estimate of drug-likeness (QED) is 0.652. The summed E-state index contributed by atoms with van der Waals surface area (Å²) >= 11 is 0. The highest BCUT2D eigenvalue weighted by Crippen LogP contribution is 2.26. The third-order valence-electron chi connectivity index (χ3n) is 3.39. The molecule has 2 bridgehead atoms. The van der Waals surface area contributed by atoms with Crippen LogP contribution in [0.5, 0.6) is 0 Å². The molecule has 0 saturated carbocycles. The van der Waals surface area contributed by atoms with Crippen molar-refractivity contribution in [3.05, 3.63) is 23.8 Å². The van der Waals surface area contributed by atoms with E-state index in [2.05, 4.69) is 19.8 Å². The highest BCUT2D eigenvalue weighted by Gasteiger charge is 2.34. The van der Waals surface area contributed by atoms with Crippen LogP contribution < -0.4 is 0 Å². The maximum atomic E-state index is 10.7. The lowest BCUT2D eigenvalue weighted by atomic mass is 10.1. The first-order valence-electron chi connectivity index (χ1n) is 5.61. The van der Waals surface area contributed by atoms with Gasteiger partial charge in [-0.25, -0.2) is 9.97 Å². The second kappa shape index (κ2) is 3.92. The summed E-state index contributed by atoms with van der Waals surface area (Å²) in [6.07, 6.45) is 2.45. The SMILES string of the molecule is O=Cc1ccnc(C2CN3CCN2CC3)n1. The summed E-state index contributed by atoms with van der Waals surface area (Å²) in [5, 5.41) is 0. The van der Waals surface area contributed by atoms with Crippen LogP contribution in [0, 0.1) is 0 Å². The Morgan fingerprint density at radius 3 is 2.75 bits per heavy atom. The van der Waals surface area contributed by atoms with Crippen LogP contribution in [-0.2, 0) is 0 Å². The molecule has 1 unspecified atom stereocenters. The number of hydrogen-bond donors (Lipinski definition) is 0. The Morgan fingerprint density at radius 2 is 2.12 bits per heavy atom. The third kappa shape index (κ3) is 1.62. The van der Waals surface area contributed by atoms with Crippen LogP contribution in [0.3, 0.4) is 0 Å². The lowest BCUT2D eigenvalue weighted by Crippen LogP contribution is -2.57. The van der Waals surface area contributed by atoms with Gasteiger partial charge in [0.15, 0.2) is 6.29 Å². The highest BCUT2D eigenvalue weighted by molar-refractivity contribution is 5.71. The summed E-state index contributed by atoms with van der Waals surface area (Å²) in [7, 11) is 0. The van der Waals surface area contributed by atoms with E-state index in [1.54, 1.807) is 12.3 Å². The summed E-state index contributed by atoms with van der Waals surface area (Å²) in [5.74, 6) is 0.786. The first-order chi connectivity index (χ1) is 7.86. The summed E-state index contributed by atoms with van der Waals surface area (Å²) in [6.45, 7) is 5.44. The second-order valence-electron chi connectivity index (χ2n) is 4.31. The van der Waals surface area contributed by atoms with E-state index in [1.807, 2.05) is 0 Å². The topological polar surface area (TPSA) is 49.3 Å². The fourth-order valence-electron chi connectivity index (χ4n) is 2.48. The molecule has 0 aliphatic carbocycles. The second-order valence-corrected chi connectivity index (χ2v) is 4.31. The number of carbonyl (C=O) groups is 1. The minimum Gasteiger partial charge on any atom is -0.299 e. The monoisotopic (exact) mass is 218 g/mol. The maximum Gasteiger partial charge on any atom is 0.168 e. The van der Waals surface area contributed by atoms with Crippen molar-refractivity contribution in [2.45, 2.75) is 6.04 Å². The van der Waals surface area contributed by atoms with Gasteiger partial charge in [-0.1, -0.05) is 0 Å². The number of hydrogen-bond acceptors (Lipinski definition) is 5. The van der Waals surface area contributed by atoms with Gasteiger partial charge in [0.05, 0.1) is 6.04 Å². The molecule has 0 N–H and O–H groups in total. The van der Waals surface area contributed by atoms with Crippen LogP contribution in [0.4, 0.5) is 0 Å². The van der Waals surface area contributed by atoms with Crippen molar-refractivity contribution in [3.8, 4) is 0 Å². The van der Waals surface area contributed by atoms with E-state index in [-0.39, 0.29) is 6.04 Å². The number of aldehydes is 1. The van der Waals surface area contributed by atoms with Crippen LogP contribution in [0.15, 0.2) is 12.3 Å². The van der Waals surface area contributed by atoms with Gasteiger partial charge >= 0.3 is 0 Å². The number of fused-ring (bicyclic) bond motifs is 3. The van der Waals surface area contributed by atoms with Gasteiger partial charge in [-0.2, -0.15) is 0 Å². The first-order valence-corrected chi connectivity index (χ1v) is 5.61. The highest BCUT2D eigenvalue weighted by atomic mass is 16.1. The third-order valence-corrected chi connectivity index (χ3v) is 3.39. The standard InChI is InChI=1S/C11H14N4O/c16-8-9-1-2-12-11(13-9)10-7-14-3-5-15(10)6-4-14/h1-2,8,10H,3-7H2. The van der Waals surface area contributed by atoms with Crippen molar-refractivity contribution in [1.29, 1.82) is 0 Å². The van der Waals surface area contributed by atoms with Crippen LogP contribution >= 0.6 is 0 Å². The zero-order chi connectivity index (χ0) is 11.0. The van der Waals surface area contributed by atoms with Gasteiger partial charge < -0.3 is 0 Å². The zero-order valence-electron chi connectivity index (χ0n) is 9.04. The van der Waals surface area contributed by atoms with E-state index in [1.165, 1.54) is 0 Å². The van der Waals surface area contributed by atoms with Gasteiger partial charge in [-0.3, -0.25) is 14.6 Å². The molecule has 1 aromatic rings. The maximum absolute atomic E-state index is 10.7. The molecule has 1 aromatic heterocycles. The van der Waals surface area contributed by atoms with Gasteiger partial charge in [-0.05, 0) is 6.07 Å². The van der Waals surface area contributed by atoms with Crippen molar-refractivity contribution in [3.63, 3.8) is 0 Å². The molecule has 3 aliphatic rings. The predicted octanol–water partition coefficient (Wildman–Crippen LogP) is -0.0386. The van der Waals surface area contributed by atoms with Crippen molar-refractivity contribution >= 4 is 6.29 Å². The number of piperazine rings is 3. The molecule has 0 aromatic carbocycles. The molecule has 0 spiro atoms. The van der Waals surface area contributed by atoms with E-state index in [4.69, 9.17) is 0 Å². The first kappa shape index (κ1) is 9.86. The van der Waals surface area contributed by atoms with Crippen LogP contribution in [0.1, 0.15) is 22.4 Å². The average Bonchev–Trinajstić information content (AvgIpc) is 2.40. The van der Waals surface area contributed by atoms with E-state index in [0.29, 0.717) is 5.69 Å². The molecular weight excluding hydrogens is 204 g/mol. The van der Waals surface area contributed by atoms with Crippen LogP contribution in [0.25, 0.3) is 0 Å². The van der Waals surface area contributed by atoms with Crippen molar-refractivity contribution in [2.24, 2.45) is 0 Å². The van der Waals surface area contributed by atoms with E-state index < -0.39 is 0 Å². The van der Waals surface area contributed by atoms with Crippen LogP contribution in [-0.4, -0.2) is 58.8 Å². The molecule has 1 atom stereocenters. The number of rotatable bonds is 2. The van der Waals surface area contributed by atoms with Gasteiger partial charge in [0, 0.05) is 38.9 Å². The van der Waals surface area contributed by atoms with Crippen molar-refractivity contribution < 1.29 is 4.79 Å². The summed E-state index contributed by atoms with van der Waals surface area (Å²) < 4.78 is 0. The normalized spacial score (nSPS) is 32.6. The Balaban J connectivity index is 1.88. The summed E-state index contributed by atoms with van der Waals surface area (Å²) in [4.78, 5) is 24.1. The largest absolute Gasteiger partial charge is 0.299 e. The minimum atomic E-state index is 0.266. The lowest BCUT2D eigenvalue weighted by Gasteiger charge is -2.46. The number of nitrogens with zero attached hydrogens (tertiary/aromatic N) is 4. The van der Waals surface area contributed by atoms with Gasteiger partial charge in [0.1, 0.15) is 11.5 Å². The number of aromatic nitrogens is 2. The Labute approximate surface area is 94.1 Å². The summed E-state index contributed by atoms with van der Waals surface area (Å²) in [6, 6.07) is 1.91. The Bertz CT molecular complexity index is 401. The molecule has 3 aliphatic heterocycles. The van der Waals surface area contributed by atoms with E-state index in [9.17, 15) is 4.79 Å². The molecule has 84 valence electrons. The molecule has 0 radical (unpaired) electrons. The molecular formula is C11H14N4O. The predicted molar refractivity (Wildman–Crippen MR) is 58.2 cm³/mol. The fourth-order valence-corrected chi connectivity index (χ4v) is 2.48. The molecule has 3 saturated heterocycles.